The lowest BCUT2D eigenvalue weighted by Crippen LogP contribution is -2.41. The summed E-state index contributed by atoms with van der Waals surface area (Å²) in [6.45, 7) is 4.90. The smallest absolute Gasteiger partial charge is 0.230 e. The summed E-state index contributed by atoms with van der Waals surface area (Å²) in [6.07, 6.45) is 7.00. The Hall–Kier alpha value is -1.72. The van der Waals surface area contributed by atoms with Crippen LogP contribution in [0.2, 0.25) is 0 Å². The van der Waals surface area contributed by atoms with Crippen molar-refractivity contribution in [1.29, 1.82) is 0 Å². The van der Waals surface area contributed by atoms with Gasteiger partial charge in [0.05, 0.1) is 11.4 Å². The second kappa shape index (κ2) is 7.89. The van der Waals surface area contributed by atoms with Crippen molar-refractivity contribution in [3.05, 3.63) is 41.4 Å². The van der Waals surface area contributed by atoms with Gasteiger partial charge in [0.15, 0.2) is 5.13 Å². The van der Waals surface area contributed by atoms with E-state index in [1.54, 1.807) is 23.2 Å². The van der Waals surface area contributed by atoms with Crippen molar-refractivity contribution in [2.45, 2.75) is 45.6 Å². The summed E-state index contributed by atoms with van der Waals surface area (Å²) >= 11 is 1.56. The fourth-order valence-corrected chi connectivity index (χ4v) is 5.40. The van der Waals surface area contributed by atoms with E-state index in [4.69, 9.17) is 4.98 Å². The first-order chi connectivity index (χ1) is 12.7. The molecule has 138 valence electrons. The molecule has 1 saturated carbocycles. The highest BCUT2D eigenvalue weighted by Gasteiger charge is 2.31. The van der Waals surface area contributed by atoms with E-state index < -0.39 is 0 Å². The second-order valence-corrected chi connectivity index (χ2v) is 8.48. The van der Waals surface area contributed by atoms with Crippen LogP contribution in [0.15, 0.2) is 35.7 Å². The van der Waals surface area contributed by atoms with E-state index in [1.165, 1.54) is 45.2 Å². The molecule has 0 unspecified atom stereocenters. The van der Waals surface area contributed by atoms with Gasteiger partial charge < -0.3 is 0 Å². The van der Waals surface area contributed by atoms with Gasteiger partial charge in [-0.3, -0.25) is 14.6 Å². The number of fused-ring (bicyclic) bond motifs is 1. The standard InChI is InChI=1S/C21H27N3OS/c1-16(25)24(20-9-3-2-4-10-20)21-22-19(15-26-21)14-23-12-11-17-7-5-6-8-18(17)13-23/h2-4,9-10,15,17-18H,5-8,11-14H2,1H3/t17-,18+/m0/s1. The third-order valence-electron chi connectivity index (χ3n) is 5.82. The van der Waals surface area contributed by atoms with Gasteiger partial charge in [0.2, 0.25) is 5.91 Å². The number of anilines is 2. The molecule has 4 nitrogen and oxygen atoms in total. The predicted molar refractivity (Wildman–Crippen MR) is 107 cm³/mol. The van der Waals surface area contributed by atoms with Gasteiger partial charge in [0, 0.05) is 25.4 Å². The maximum atomic E-state index is 12.2. The average Bonchev–Trinajstić information content (AvgIpc) is 3.10. The van der Waals surface area contributed by atoms with Crippen molar-refractivity contribution in [2.75, 3.05) is 18.0 Å². The fourth-order valence-electron chi connectivity index (χ4n) is 4.52. The van der Waals surface area contributed by atoms with Crippen molar-refractivity contribution in [2.24, 2.45) is 11.8 Å². The highest BCUT2D eigenvalue weighted by molar-refractivity contribution is 7.14. The molecule has 0 spiro atoms. The summed E-state index contributed by atoms with van der Waals surface area (Å²) in [5.41, 5.74) is 1.96. The first-order valence-electron chi connectivity index (χ1n) is 9.73. The van der Waals surface area contributed by atoms with Gasteiger partial charge in [-0.25, -0.2) is 4.98 Å². The first kappa shape index (κ1) is 17.7. The Morgan fingerprint density at radius 2 is 1.96 bits per heavy atom. The van der Waals surface area contributed by atoms with Gasteiger partial charge in [-0.2, -0.15) is 0 Å². The van der Waals surface area contributed by atoms with Gasteiger partial charge in [0.25, 0.3) is 0 Å². The number of benzene rings is 1. The van der Waals surface area contributed by atoms with Crippen LogP contribution in [0.4, 0.5) is 10.8 Å². The second-order valence-electron chi connectivity index (χ2n) is 7.64. The van der Waals surface area contributed by atoms with Crippen LogP contribution in [-0.4, -0.2) is 28.9 Å². The lowest BCUT2D eigenvalue weighted by molar-refractivity contribution is -0.115. The lowest BCUT2D eigenvalue weighted by atomic mass is 9.75. The van der Waals surface area contributed by atoms with Crippen LogP contribution < -0.4 is 4.90 Å². The molecule has 26 heavy (non-hydrogen) atoms. The van der Waals surface area contributed by atoms with Crippen molar-refractivity contribution in [1.82, 2.24) is 9.88 Å². The zero-order chi connectivity index (χ0) is 17.9. The Morgan fingerprint density at radius 3 is 2.73 bits per heavy atom. The van der Waals surface area contributed by atoms with Crippen LogP contribution in [-0.2, 0) is 11.3 Å². The molecule has 2 fully saturated rings. The molecule has 0 radical (unpaired) electrons. The molecule has 0 N–H and O–H groups in total. The fraction of sp³-hybridized carbons (Fsp3) is 0.524. The number of rotatable bonds is 4. The van der Waals surface area contributed by atoms with E-state index in [1.807, 2.05) is 30.3 Å². The molecule has 1 aliphatic carbocycles. The van der Waals surface area contributed by atoms with Crippen LogP contribution >= 0.6 is 11.3 Å². The summed E-state index contributed by atoms with van der Waals surface area (Å²) in [5, 5.41) is 2.88. The molecule has 2 atom stereocenters. The normalized spacial score (nSPS) is 23.4. The van der Waals surface area contributed by atoms with Crippen LogP contribution in [0.1, 0.15) is 44.7 Å². The number of amides is 1. The third kappa shape index (κ3) is 3.84. The minimum absolute atomic E-state index is 0.000111. The Labute approximate surface area is 159 Å². The molecule has 2 aliphatic rings. The van der Waals surface area contributed by atoms with E-state index in [0.717, 1.165) is 34.9 Å². The van der Waals surface area contributed by atoms with Gasteiger partial charge in [-0.1, -0.05) is 37.5 Å². The monoisotopic (exact) mass is 369 g/mol. The quantitative estimate of drug-likeness (QED) is 0.774. The predicted octanol–water partition coefficient (Wildman–Crippen LogP) is 4.84. The molecule has 4 rings (SSSR count). The van der Waals surface area contributed by atoms with Crippen molar-refractivity contribution in [3.63, 3.8) is 0 Å². The Kier molecular flexibility index (Phi) is 5.36. The minimum atomic E-state index is 0.000111. The van der Waals surface area contributed by atoms with Gasteiger partial charge in [-0.15, -0.1) is 11.3 Å². The van der Waals surface area contributed by atoms with Crippen LogP contribution in [0, 0.1) is 11.8 Å². The number of carbonyl (C=O) groups excluding carboxylic acids is 1. The largest absolute Gasteiger partial charge is 0.297 e. The highest BCUT2D eigenvalue weighted by Crippen LogP contribution is 2.37. The zero-order valence-corrected chi connectivity index (χ0v) is 16.3. The molecule has 2 aromatic rings. The summed E-state index contributed by atoms with van der Waals surface area (Å²) in [5.74, 6) is 1.84. The SMILES string of the molecule is CC(=O)N(c1ccccc1)c1nc(CN2CC[C@@H]3CCCC[C@@H]3C2)cs1. The molecule has 5 heteroatoms. The summed E-state index contributed by atoms with van der Waals surface area (Å²) in [4.78, 5) is 21.2. The molecule has 1 saturated heterocycles. The van der Waals surface area contributed by atoms with Crippen LogP contribution in [0.3, 0.4) is 0 Å². The number of carbonyl (C=O) groups is 1. The van der Waals surface area contributed by atoms with Crippen molar-refractivity contribution >= 4 is 28.1 Å². The number of para-hydroxylation sites is 1. The van der Waals surface area contributed by atoms with Crippen molar-refractivity contribution < 1.29 is 4.79 Å². The van der Waals surface area contributed by atoms with Gasteiger partial charge >= 0.3 is 0 Å². The highest BCUT2D eigenvalue weighted by atomic mass is 32.1. The number of piperidine rings is 1. The molecule has 1 aliphatic heterocycles. The summed E-state index contributed by atoms with van der Waals surface area (Å²) in [7, 11) is 0. The number of likely N-dealkylation sites (tertiary alicyclic amines) is 1. The first-order valence-corrected chi connectivity index (χ1v) is 10.6. The van der Waals surface area contributed by atoms with E-state index in [9.17, 15) is 4.79 Å². The topological polar surface area (TPSA) is 36.4 Å². The number of thiazole rings is 1. The van der Waals surface area contributed by atoms with Crippen LogP contribution in [0.25, 0.3) is 0 Å². The number of hydrogen-bond donors (Lipinski definition) is 0. The third-order valence-corrected chi connectivity index (χ3v) is 6.70. The van der Waals surface area contributed by atoms with Crippen LogP contribution in [0.5, 0.6) is 0 Å². The maximum Gasteiger partial charge on any atom is 0.230 e. The summed E-state index contributed by atoms with van der Waals surface area (Å²) < 4.78 is 0. The molecular formula is C21H27N3OS. The lowest BCUT2D eigenvalue weighted by Gasteiger charge is -2.41. The van der Waals surface area contributed by atoms with Gasteiger partial charge in [0.1, 0.15) is 0 Å². The minimum Gasteiger partial charge on any atom is -0.297 e. The molecule has 1 amide bonds. The number of aromatic nitrogens is 1. The van der Waals surface area contributed by atoms with E-state index in [0.29, 0.717) is 0 Å². The maximum absolute atomic E-state index is 12.2. The molecule has 0 bridgehead atoms. The van der Waals surface area contributed by atoms with E-state index in [2.05, 4.69) is 10.3 Å². The number of hydrogen-bond acceptors (Lipinski definition) is 4. The Balaban J connectivity index is 1.45. The molecular weight excluding hydrogens is 342 g/mol. The number of nitrogens with zero attached hydrogens (tertiary/aromatic N) is 3. The Morgan fingerprint density at radius 1 is 1.19 bits per heavy atom. The van der Waals surface area contributed by atoms with Gasteiger partial charge in [-0.05, 0) is 43.4 Å². The molecule has 1 aromatic heterocycles. The Bertz CT molecular complexity index is 745. The zero-order valence-electron chi connectivity index (χ0n) is 15.4. The molecule has 1 aromatic carbocycles. The summed E-state index contributed by atoms with van der Waals surface area (Å²) in [6, 6.07) is 9.78. The average molecular weight is 370 g/mol. The molecule has 2 heterocycles. The van der Waals surface area contributed by atoms with Crippen molar-refractivity contribution in [3.8, 4) is 0 Å². The van der Waals surface area contributed by atoms with E-state index >= 15 is 0 Å². The van der Waals surface area contributed by atoms with E-state index in [-0.39, 0.29) is 5.91 Å².